The summed E-state index contributed by atoms with van der Waals surface area (Å²) >= 11 is 3.27. The second kappa shape index (κ2) is 5.30. The molecule has 0 saturated heterocycles. The van der Waals surface area contributed by atoms with Gasteiger partial charge >= 0.3 is 0 Å². The fourth-order valence-electron chi connectivity index (χ4n) is 1.55. The van der Waals surface area contributed by atoms with Crippen LogP contribution in [0.2, 0.25) is 0 Å². The summed E-state index contributed by atoms with van der Waals surface area (Å²) in [7, 11) is -3.57. The van der Waals surface area contributed by atoms with Crippen molar-refractivity contribution in [2.75, 3.05) is 4.72 Å². The van der Waals surface area contributed by atoms with Gasteiger partial charge in [-0.1, -0.05) is 17.7 Å². The van der Waals surface area contributed by atoms with E-state index in [1.165, 1.54) is 6.20 Å². The van der Waals surface area contributed by atoms with Crippen LogP contribution in [0, 0.1) is 13.8 Å². The van der Waals surface area contributed by atoms with Crippen molar-refractivity contribution in [1.82, 2.24) is 4.98 Å². The van der Waals surface area contributed by atoms with Crippen LogP contribution in [0.25, 0.3) is 0 Å². The number of pyridine rings is 1. The number of aromatic nitrogens is 1. The first-order valence-corrected chi connectivity index (χ1v) is 7.88. The van der Waals surface area contributed by atoms with Crippen LogP contribution in [0.15, 0.2) is 46.0 Å². The van der Waals surface area contributed by atoms with Crippen LogP contribution >= 0.6 is 15.9 Å². The Balaban J connectivity index is 2.30. The molecule has 19 heavy (non-hydrogen) atoms. The number of hydrogen-bond acceptors (Lipinski definition) is 3. The number of hydrogen-bond donors (Lipinski definition) is 1. The summed E-state index contributed by atoms with van der Waals surface area (Å²) in [4.78, 5) is 4.30. The number of nitrogens with zero attached hydrogens (tertiary/aromatic N) is 1. The van der Waals surface area contributed by atoms with Crippen molar-refractivity contribution in [3.05, 3.63) is 52.3 Å². The van der Waals surface area contributed by atoms with Gasteiger partial charge < -0.3 is 0 Å². The molecule has 1 heterocycles. The van der Waals surface area contributed by atoms with E-state index in [2.05, 4.69) is 25.6 Å². The number of aryl methyl sites for hydroxylation is 2. The van der Waals surface area contributed by atoms with Gasteiger partial charge in [-0.2, -0.15) is 0 Å². The first-order chi connectivity index (χ1) is 8.88. The topological polar surface area (TPSA) is 59.1 Å². The first kappa shape index (κ1) is 14.0. The van der Waals surface area contributed by atoms with Gasteiger partial charge in [-0.3, -0.25) is 4.72 Å². The summed E-state index contributed by atoms with van der Waals surface area (Å²) in [5, 5.41) is 0. The Morgan fingerprint density at radius 2 is 1.79 bits per heavy atom. The number of rotatable bonds is 3. The summed E-state index contributed by atoms with van der Waals surface area (Å²) in [5.74, 6) is 0. The lowest BCUT2D eigenvalue weighted by molar-refractivity contribution is 0.601. The smallest absolute Gasteiger partial charge is 0.261 e. The fraction of sp³-hybridized carbons (Fsp3) is 0.154. The highest BCUT2D eigenvalue weighted by Gasteiger charge is 2.14. The van der Waals surface area contributed by atoms with Crippen LogP contribution in [-0.2, 0) is 10.0 Å². The molecular weight excluding hydrogens is 328 g/mol. The molecule has 0 spiro atoms. The Bertz CT molecular complexity index is 697. The van der Waals surface area contributed by atoms with Crippen molar-refractivity contribution < 1.29 is 8.42 Å². The minimum Gasteiger partial charge on any atom is -0.278 e. The number of benzene rings is 1. The summed E-state index contributed by atoms with van der Waals surface area (Å²) in [6.07, 6.45) is 1.48. The number of halogens is 1. The second-order valence-corrected chi connectivity index (χ2v) is 6.68. The average Bonchev–Trinajstić information content (AvgIpc) is 2.34. The lowest BCUT2D eigenvalue weighted by atomic mass is 10.2. The average molecular weight is 341 g/mol. The molecule has 6 heteroatoms. The summed E-state index contributed by atoms with van der Waals surface area (Å²) < 4.78 is 27.5. The molecule has 1 N–H and O–H groups in total. The van der Waals surface area contributed by atoms with Crippen LogP contribution in [-0.4, -0.2) is 13.4 Å². The van der Waals surface area contributed by atoms with E-state index in [1.807, 2.05) is 13.8 Å². The van der Waals surface area contributed by atoms with Gasteiger partial charge in [0.15, 0.2) is 0 Å². The molecule has 4 nitrogen and oxygen atoms in total. The van der Waals surface area contributed by atoms with Crippen LogP contribution in [0.3, 0.4) is 0 Å². The zero-order valence-corrected chi connectivity index (χ0v) is 12.9. The van der Waals surface area contributed by atoms with Crippen molar-refractivity contribution in [3.8, 4) is 0 Å². The zero-order valence-electron chi connectivity index (χ0n) is 10.5. The van der Waals surface area contributed by atoms with E-state index in [4.69, 9.17) is 0 Å². The lowest BCUT2D eigenvalue weighted by Gasteiger charge is -2.09. The third kappa shape index (κ3) is 3.33. The first-order valence-electron chi connectivity index (χ1n) is 5.60. The SMILES string of the molecule is Cc1ccc(S(=O)(=O)Nc2cnc(Br)c(C)c2)cc1. The maximum Gasteiger partial charge on any atom is 0.261 e. The van der Waals surface area contributed by atoms with E-state index in [0.717, 1.165) is 11.1 Å². The minimum absolute atomic E-state index is 0.235. The van der Waals surface area contributed by atoms with Crippen molar-refractivity contribution in [1.29, 1.82) is 0 Å². The summed E-state index contributed by atoms with van der Waals surface area (Å²) in [6, 6.07) is 8.41. The monoisotopic (exact) mass is 340 g/mol. The molecule has 0 bridgehead atoms. The van der Waals surface area contributed by atoms with E-state index in [-0.39, 0.29) is 4.90 Å². The van der Waals surface area contributed by atoms with Crippen molar-refractivity contribution >= 4 is 31.6 Å². The molecule has 1 aromatic carbocycles. The highest BCUT2D eigenvalue weighted by molar-refractivity contribution is 9.10. The predicted octanol–water partition coefficient (Wildman–Crippen LogP) is 3.26. The molecule has 2 aromatic rings. The maximum atomic E-state index is 12.2. The molecular formula is C13H13BrN2O2S. The van der Waals surface area contributed by atoms with Crippen molar-refractivity contribution in [2.24, 2.45) is 0 Å². The van der Waals surface area contributed by atoms with Crippen LogP contribution in [0.4, 0.5) is 5.69 Å². The lowest BCUT2D eigenvalue weighted by Crippen LogP contribution is -2.13. The van der Waals surface area contributed by atoms with Crippen LogP contribution in [0.5, 0.6) is 0 Å². The van der Waals surface area contributed by atoms with Gasteiger partial charge in [-0.25, -0.2) is 13.4 Å². The summed E-state index contributed by atoms with van der Waals surface area (Å²) in [5.41, 5.74) is 2.32. The van der Waals surface area contributed by atoms with Crippen molar-refractivity contribution in [2.45, 2.75) is 18.7 Å². The molecule has 100 valence electrons. The van der Waals surface area contributed by atoms with Gasteiger partial charge in [0, 0.05) is 0 Å². The van der Waals surface area contributed by atoms with Gasteiger partial charge in [0.1, 0.15) is 4.60 Å². The molecule has 0 fully saturated rings. The standard InChI is InChI=1S/C13H13BrN2O2S/c1-9-3-5-12(6-4-9)19(17,18)16-11-7-10(2)13(14)15-8-11/h3-8,16H,1-2H3. The number of sulfonamides is 1. The fourth-order valence-corrected chi connectivity index (χ4v) is 2.80. The van der Waals surface area contributed by atoms with Crippen molar-refractivity contribution in [3.63, 3.8) is 0 Å². The molecule has 0 amide bonds. The Hall–Kier alpha value is -1.40. The zero-order chi connectivity index (χ0) is 14.0. The quantitative estimate of drug-likeness (QED) is 0.872. The maximum absolute atomic E-state index is 12.2. The van der Waals surface area contributed by atoms with E-state index in [1.54, 1.807) is 30.3 Å². The minimum atomic E-state index is -3.57. The van der Waals surface area contributed by atoms with Gasteiger partial charge in [0.25, 0.3) is 10.0 Å². The van der Waals surface area contributed by atoms with E-state index in [9.17, 15) is 8.42 Å². The highest BCUT2D eigenvalue weighted by atomic mass is 79.9. The molecule has 0 saturated carbocycles. The Morgan fingerprint density at radius 1 is 1.16 bits per heavy atom. The van der Waals surface area contributed by atoms with E-state index in [0.29, 0.717) is 10.3 Å². The van der Waals surface area contributed by atoms with Gasteiger partial charge in [-0.05, 0) is 53.5 Å². The largest absolute Gasteiger partial charge is 0.278 e. The molecule has 0 unspecified atom stereocenters. The van der Waals surface area contributed by atoms with E-state index >= 15 is 0 Å². The molecule has 0 aliphatic carbocycles. The van der Waals surface area contributed by atoms with Gasteiger partial charge in [0.05, 0.1) is 16.8 Å². The molecule has 0 aliphatic heterocycles. The van der Waals surface area contributed by atoms with E-state index < -0.39 is 10.0 Å². The normalized spacial score (nSPS) is 11.3. The van der Waals surface area contributed by atoms with Gasteiger partial charge in [-0.15, -0.1) is 0 Å². The van der Waals surface area contributed by atoms with Crippen LogP contribution in [0.1, 0.15) is 11.1 Å². The molecule has 0 aliphatic rings. The van der Waals surface area contributed by atoms with Gasteiger partial charge in [0.2, 0.25) is 0 Å². The third-order valence-electron chi connectivity index (χ3n) is 2.60. The number of nitrogens with one attached hydrogen (secondary N) is 1. The Kier molecular flexibility index (Phi) is 3.91. The Morgan fingerprint density at radius 3 is 2.37 bits per heavy atom. The second-order valence-electron chi connectivity index (χ2n) is 4.25. The molecule has 0 radical (unpaired) electrons. The third-order valence-corrected chi connectivity index (χ3v) is 4.83. The van der Waals surface area contributed by atoms with Crippen LogP contribution < -0.4 is 4.72 Å². The predicted molar refractivity (Wildman–Crippen MR) is 78.7 cm³/mol. The molecule has 2 rings (SSSR count). The molecule has 1 aromatic heterocycles. The summed E-state index contributed by atoms with van der Waals surface area (Å²) in [6.45, 7) is 3.76. The Labute approximate surface area is 121 Å². The number of anilines is 1. The highest BCUT2D eigenvalue weighted by Crippen LogP contribution is 2.20. The molecule has 0 atom stereocenters.